The first-order chi connectivity index (χ1) is 11.1. The Balaban J connectivity index is 2.44. The zero-order chi connectivity index (χ0) is 18.1. The largest absolute Gasteiger partial charge is 0.490 e. The molecule has 0 aliphatic carbocycles. The van der Waals surface area contributed by atoms with Crippen LogP contribution in [0.15, 0.2) is 18.2 Å². The van der Waals surface area contributed by atoms with Crippen LogP contribution in [-0.2, 0) is 14.8 Å². The predicted molar refractivity (Wildman–Crippen MR) is 99.2 cm³/mol. The second-order valence-corrected chi connectivity index (χ2v) is 10.0. The van der Waals surface area contributed by atoms with E-state index >= 15 is 0 Å². The maximum atomic E-state index is 12.9. The number of nitrogens with zero attached hydrogens (tertiary/aromatic N) is 1. The van der Waals surface area contributed by atoms with Crippen LogP contribution < -0.4 is 14.4 Å². The molecule has 1 N–H and O–H groups in total. The van der Waals surface area contributed by atoms with Crippen LogP contribution in [0.2, 0.25) is 0 Å². The number of carbonyl (C=O) groups is 1. The minimum absolute atomic E-state index is 0.00346. The minimum atomic E-state index is -3.44. The molecule has 0 radical (unpaired) electrons. The Bertz CT molecular complexity index is 732. The number of carbonyl (C=O) groups excluding carboxylic acids is 1. The summed E-state index contributed by atoms with van der Waals surface area (Å²) in [5.74, 6) is 0.801. The molecule has 0 saturated heterocycles. The summed E-state index contributed by atoms with van der Waals surface area (Å²) in [5, 5.41) is 0. The van der Waals surface area contributed by atoms with Crippen molar-refractivity contribution in [3.05, 3.63) is 18.2 Å². The molecule has 0 atom stereocenters. The molecule has 1 heterocycles. The average molecular weight is 419 g/mol. The van der Waals surface area contributed by atoms with E-state index in [1.54, 1.807) is 23.1 Å². The van der Waals surface area contributed by atoms with Crippen LogP contribution in [0.25, 0.3) is 0 Å². The number of anilines is 2. The fourth-order valence-corrected chi connectivity index (χ4v) is 3.35. The Morgan fingerprint density at radius 3 is 2.62 bits per heavy atom. The highest BCUT2D eigenvalue weighted by Crippen LogP contribution is 2.38. The third-order valence-corrected chi connectivity index (χ3v) is 6.27. The van der Waals surface area contributed by atoms with Crippen LogP contribution in [0.1, 0.15) is 27.7 Å². The van der Waals surface area contributed by atoms with E-state index < -0.39 is 15.4 Å². The van der Waals surface area contributed by atoms with Crippen molar-refractivity contribution in [3.63, 3.8) is 0 Å². The lowest BCUT2D eigenvalue weighted by atomic mass is 9.92. The number of hydrogen-bond donors (Lipinski definition) is 1. The summed E-state index contributed by atoms with van der Waals surface area (Å²) in [7, 11) is -3.44. The second-order valence-electron chi connectivity index (χ2n) is 6.99. The highest BCUT2D eigenvalue weighted by Gasteiger charge is 2.38. The van der Waals surface area contributed by atoms with Gasteiger partial charge in [0.05, 0.1) is 16.8 Å². The lowest BCUT2D eigenvalue weighted by Gasteiger charge is -2.29. The van der Waals surface area contributed by atoms with Crippen molar-refractivity contribution in [3.8, 4) is 5.75 Å². The molecule has 0 bridgehead atoms. The third-order valence-electron chi connectivity index (χ3n) is 3.63. The Kier molecular flexibility index (Phi) is 5.49. The molecule has 134 valence electrons. The summed E-state index contributed by atoms with van der Waals surface area (Å²) in [4.78, 5) is 14.6. The maximum absolute atomic E-state index is 12.9. The first-order valence-corrected chi connectivity index (χ1v) is 10.5. The standard InChI is InChI=1S/C16H23BrN2O4S/c1-11(2)8-19-13-6-5-12(18-24(21,22)10-17)7-14(13)23-9-16(3,4)15(19)20/h5-7,11,18H,8-10H2,1-4H3. The van der Waals surface area contributed by atoms with Crippen molar-refractivity contribution in [2.75, 3.05) is 27.4 Å². The van der Waals surface area contributed by atoms with E-state index in [9.17, 15) is 13.2 Å². The molecule has 8 heteroatoms. The van der Waals surface area contributed by atoms with Crippen molar-refractivity contribution >= 4 is 43.2 Å². The average Bonchev–Trinajstić information content (AvgIpc) is 2.57. The van der Waals surface area contributed by atoms with Gasteiger partial charge in [-0.3, -0.25) is 9.52 Å². The number of nitrogens with one attached hydrogen (secondary N) is 1. The fourth-order valence-electron chi connectivity index (χ4n) is 2.46. The summed E-state index contributed by atoms with van der Waals surface area (Å²) in [5.41, 5.74) is 0.426. The molecule has 0 spiro atoms. The number of ether oxygens (including phenoxy) is 1. The molecule has 0 fully saturated rings. The first kappa shape index (κ1) is 19.1. The van der Waals surface area contributed by atoms with Crippen molar-refractivity contribution in [1.82, 2.24) is 0 Å². The summed E-state index contributed by atoms with van der Waals surface area (Å²) >= 11 is 2.94. The number of sulfonamides is 1. The zero-order valence-corrected chi connectivity index (χ0v) is 16.7. The van der Waals surface area contributed by atoms with Crippen LogP contribution in [0.5, 0.6) is 5.75 Å². The van der Waals surface area contributed by atoms with Gasteiger partial charge in [-0.2, -0.15) is 0 Å². The van der Waals surface area contributed by atoms with Crippen LogP contribution in [-0.4, -0.2) is 32.1 Å². The molecule has 1 aromatic carbocycles. The normalized spacial score (nSPS) is 17.2. The van der Waals surface area contributed by atoms with E-state index in [-0.39, 0.29) is 17.2 Å². The van der Waals surface area contributed by atoms with Gasteiger partial charge >= 0.3 is 0 Å². The van der Waals surface area contributed by atoms with Gasteiger partial charge in [-0.15, -0.1) is 0 Å². The number of rotatable bonds is 5. The number of hydrogen-bond acceptors (Lipinski definition) is 4. The molecule has 1 aliphatic heterocycles. The van der Waals surface area contributed by atoms with Gasteiger partial charge in [0, 0.05) is 12.6 Å². The van der Waals surface area contributed by atoms with Gasteiger partial charge in [0.1, 0.15) is 17.0 Å². The van der Waals surface area contributed by atoms with Gasteiger partial charge in [-0.1, -0.05) is 29.8 Å². The molecular formula is C16H23BrN2O4S. The van der Waals surface area contributed by atoms with E-state index in [0.717, 1.165) is 0 Å². The smallest absolute Gasteiger partial charge is 0.242 e. The highest BCUT2D eigenvalue weighted by molar-refractivity contribution is 9.10. The van der Waals surface area contributed by atoms with E-state index in [1.807, 2.05) is 27.7 Å². The fraction of sp³-hybridized carbons (Fsp3) is 0.562. The zero-order valence-electron chi connectivity index (χ0n) is 14.3. The minimum Gasteiger partial charge on any atom is -0.490 e. The monoisotopic (exact) mass is 418 g/mol. The molecule has 0 unspecified atom stereocenters. The third kappa shape index (κ3) is 4.22. The molecule has 6 nitrogen and oxygen atoms in total. The van der Waals surface area contributed by atoms with Gasteiger partial charge in [-0.05, 0) is 31.9 Å². The molecule has 1 aromatic rings. The number of benzene rings is 1. The van der Waals surface area contributed by atoms with E-state index in [2.05, 4.69) is 20.7 Å². The Hall–Kier alpha value is -1.28. The quantitative estimate of drug-likeness (QED) is 0.744. The molecular weight excluding hydrogens is 396 g/mol. The van der Waals surface area contributed by atoms with E-state index in [1.165, 1.54) is 0 Å². The van der Waals surface area contributed by atoms with Crippen molar-refractivity contribution in [1.29, 1.82) is 0 Å². The number of halogens is 1. The molecule has 2 rings (SSSR count). The van der Waals surface area contributed by atoms with Crippen molar-refractivity contribution in [2.45, 2.75) is 27.7 Å². The van der Waals surface area contributed by atoms with Crippen LogP contribution in [0.3, 0.4) is 0 Å². The van der Waals surface area contributed by atoms with E-state index in [4.69, 9.17) is 4.74 Å². The molecule has 24 heavy (non-hydrogen) atoms. The lowest BCUT2D eigenvalue weighted by Crippen LogP contribution is -2.43. The van der Waals surface area contributed by atoms with Gasteiger partial charge in [0.2, 0.25) is 15.9 Å². The van der Waals surface area contributed by atoms with Crippen LogP contribution in [0.4, 0.5) is 11.4 Å². The second kappa shape index (κ2) is 6.92. The Morgan fingerprint density at radius 2 is 2.04 bits per heavy atom. The number of amides is 1. The highest BCUT2D eigenvalue weighted by atomic mass is 79.9. The first-order valence-electron chi connectivity index (χ1n) is 7.71. The van der Waals surface area contributed by atoms with Crippen molar-refractivity contribution in [2.24, 2.45) is 11.3 Å². The number of alkyl halides is 1. The Labute approximate surface area is 151 Å². The van der Waals surface area contributed by atoms with Gasteiger partial charge in [0.25, 0.3) is 0 Å². The van der Waals surface area contributed by atoms with E-state index in [0.29, 0.717) is 29.6 Å². The van der Waals surface area contributed by atoms with Gasteiger partial charge in [-0.25, -0.2) is 8.42 Å². The van der Waals surface area contributed by atoms with Gasteiger partial charge in [0.15, 0.2) is 0 Å². The summed E-state index contributed by atoms with van der Waals surface area (Å²) in [6.45, 7) is 8.60. The summed E-state index contributed by atoms with van der Waals surface area (Å²) in [6, 6.07) is 4.99. The summed E-state index contributed by atoms with van der Waals surface area (Å²) < 4.78 is 31.5. The molecule has 0 aromatic heterocycles. The topological polar surface area (TPSA) is 75.7 Å². The Morgan fingerprint density at radius 1 is 1.38 bits per heavy atom. The van der Waals surface area contributed by atoms with Crippen molar-refractivity contribution < 1.29 is 17.9 Å². The maximum Gasteiger partial charge on any atom is 0.242 e. The molecule has 0 saturated carbocycles. The molecule has 1 amide bonds. The van der Waals surface area contributed by atoms with Crippen LogP contribution in [0, 0.1) is 11.3 Å². The van der Waals surface area contributed by atoms with Gasteiger partial charge < -0.3 is 9.64 Å². The SMILES string of the molecule is CC(C)CN1C(=O)C(C)(C)COc2cc(NS(=O)(=O)CBr)ccc21. The summed E-state index contributed by atoms with van der Waals surface area (Å²) in [6.07, 6.45) is 0. The number of fused-ring (bicyclic) bond motifs is 1. The predicted octanol–water partition coefficient (Wildman–Crippen LogP) is 3.19. The lowest BCUT2D eigenvalue weighted by molar-refractivity contribution is -0.127. The van der Waals surface area contributed by atoms with Crippen LogP contribution >= 0.6 is 15.9 Å². The molecule has 1 aliphatic rings.